The highest BCUT2D eigenvalue weighted by Gasteiger charge is 2.24. The summed E-state index contributed by atoms with van der Waals surface area (Å²) in [6.45, 7) is 4.00. The summed E-state index contributed by atoms with van der Waals surface area (Å²) in [5.41, 5.74) is 1.05. The number of carboxylic acid groups (broad SMARTS) is 1. The summed E-state index contributed by atoms with van der Waals surface area (Å²) >= 11 is 11.7. The second-order valence-corrected chi connectivity index (χ2v) is 7.85. The van der Waals surface area contributed by atoms with Gasteiger partial charge in [0.2, 0.25) is 0 Å². The van der Waals surface area contributed by atoms with Crippen LogP contribution in [0.5, 0.6) is 0 Å². The fraction of sp³-hybridized carbons (Fsp3) is 0.278. The first-order chi connectivity index (χ1) is 12.2. The van der Waals surface area contributed by atoms with E-state index in [1.807, 2.05) is 13.8 Å². The maximum atomic E-state index is 12.8. The molecular weight excluding hydrogens is 397 g/mol. The predicted octanol–water partition coefficient (Wildman–Crippen LogP) is 4.86. The Hall–Kier alpha value is -1.76. The normalized spacial score (nSPS) is 10.7. The van der Waals surface area contributed by atoms with Crippen LogP contribution >= 0.6 is 23.2 Å². The number of rotatable bonds is 6. The Kier molecular flexibility index (Phi) is 8.40. The van der Waals surface area contributed by atoms with Crippen molar-refractivity contribution in [3.8, 4) is 0 Å². The minimum absolute atomic E-state index is 0.00689. The molecule has 0 unspecified atom stereocenters. The molecule has 0 amide bonds. The number of aliphatic carboxylic acids is 1. The molecule has 0 atom stereocenters. The van der Waals surface area contributed by atoms with E-state index >= 15 is 0 Å². The first-order valence-corrected chi connectivity index (χ1v) is 10.2. The molecule has 2 rings (SSSR count). The van der Waals surface area contributed by atoms with Gasteiger partial charge in [-0.05, 0) is 36.2 Å². The predicted molar refractivity (Wildman–Crippen MR) is 106 cm³/mol. The highest BCUT2D eigenvalue weighted by atomic mass is 35.5. The Morgan fingerprint density at radius 3 is 2.27 bits per heavy atom. The zero-order valence-electron chi connectivity index (χ0n) is 14.7. The average molecular weight is 418 g/mol. The van der Waals surface area contributed by atoms with Crippen molar-refractivity contribution in [2.45, 2.75) is 31.6 Å². The lowest BCUT2D eigenvalue weighted by Gasteiger charge is -2.22. The molecule has 2 aromatic rings. The third-order valence-corrected chi connectivity index (χ3v) is 5.99. The summed E-state index contributed by atoms with van der Waals surface area (Å²) in [6, 6.07) is 10.8. The van der Waals surface area contributed by atoms with Crippen LogP contribution in [0.3, 0.4) is 0 Å². The number of carboxylic acids is 1. The largest absolute Gasteiger partial charge is 0.481 e. The van der Waals surface area contributed by atoms with Crippen molar-refractivity contribution < 1.29 is 18.3 Å². The van der Waals surface area contributed by atoms with Crippen LogP contribution in [0.15, 0.2) is 47.4 Å². The molecule has 0 fully saturated rings. The zero-order chi connectivity index (χ0) is 19.9. The molecule has 8 heteroatoms. The first kappa shape index (κ1) is 22.3. The van der Waals surface area contributed by atoms with Gasteiger partial charge in [-0.15, -0.1) is 0 Å². The fourth-order valence-electron chi connectivity index (χ4n) is 2.20. The van der Waals surface area contributed by atoms with Crippen LogP contribution in [0.1, 0.15) is 25.8 Å². The van der Waals surface area contributed by atoms with E-state index in [-0.39, 0.29) is 27.8 Å². The molecule has 0 spiro atoms. The van der Waals surface area contributed by atoms with Gasteiger partial charge in [-0.2, -0.15) is 0 Å². The van der Waals surface area contributed by atoms with Crippen LogP contribution in [-0.4, -0.2) is 26.5 Å². The maximum Gasteiger partial charge on any atom is 0.303 e. The van der Waals surface area contributed by atoms with Crippen molar-refractivity contribution in [3.05, 3.63) is 58.1 Å². The Morgan fingerprint density at radius 1 is 1.08 bits per heavy atom. The third kappa shape index (κ3) is 5.37. The second kappa shape index (κ2) is 9.80. The van der Waals surface area contributed by atoms with E-state index in [2.05, 4.69) is 0 Å². The molecule has 0 aliphatic carbocycles. The van der Waals surface area contributed by atoms with E-state index in [0.29, 0.717) is 11.3 Å². The number of anilines is 1. The molecule has 0 radical (unpaired) electrons. The molecular formula is C18H21Cl2NO4S. The number of sulfonamides is 1. The summed E-state index contributed by atoms with van der Waals surface area (Å²) < 4.78 is 26.7. The third-order valence-electron chi connectivity index (χ3n) is 3.49. The van der Waals surface area contributed by atoms with E-state index in [4.69, 9.17) is 28.3 Å². The van der Waals surface area contributed by atoms with E-state index in [9.17, 15) is 13.2 Å². The maximum absolute atomic E-state index is 12.8. The smallest absolute Gasteiger partial charge is 0.303 e. The van der Waals surface area contributed by atoms with Gasteiger partial charge in [0.15, 0.2) is 0 Å². The lowest BCUT2D eigenvalue weighted by Crippen LogP contribution is -2.27. The SMILES string of the molecule is CC.CN(c1ccccc1CCC(=O)O)S(=O)(=O)c1ccc(Cl)c(Cl)c1. The topological polar surface area (TPSA) is 74.7 Å². The van der Waals surface area contributed by atoms with Crippen molar-refractivity contribution >= 4 is 44.9 Å². The lowest BCUT2D eigenvalue weighted by atomic mass is 10.1. The van der Waals surface area contributed by atoms with Gasteiger partial charge >= 0.3 is 5.97 Å². The molecule has 0 heterocycles. The van der Waals surface area contributed by atoms with Gasteiger partial charge in [-0.3, -0.25) is 9.10 Å². The van der Waals surface area contributed by atoms with Crippen molar-refractivity contribution in [3.63, 3.8) is 0 Å². The van der Waals surface area contributed by atoms with Crippen LogP contribution in [-0.2, 0) is 21.2 Å². The molecule has 5 nitrogen and oxygen atoms in total. The van der Waals surface area contributed by atoms with Crippen LogP contribution in [0.2, 0.25) is 10.0 Å². The Labute approximate surface area is 164 Å². The summed E-state index contributed by atoms with van der Waals surface area (Å²) in [5.74, 6) is -0.945. The van der Waals surface area contributed by atoms with E-state index in [1.54, 1.807) is 24.3 Å². The second-order valence-electron chi connectivity index (χ2n) is 5.07. The van der Waals surface area contributed by atoms with Crippen molar-refractivity contribution in [1.29, 1.82) is 0 Å². The van der Waals surface area contributed by atoms with Gasteiger partial charge in [0, 0.05) is 13.5 Å². The van der Waals surface area contributed by atoms with Gasteiger partial charge in [0.05, 0.1) is 20.6 Å². The summed E-state index contributed by atoms with van der Waals surface area (Å²) in [6.07, 6.45) is 0.143. The summed E-state index contributed by atoms with van der Waals surface area (Å²) in [7, 11) is -2.44. The molecule has 0 bridgehead atoms. The number of halogens is 2. The highest BCUT2D eigenvalue weighted by Crippen LogP contribution is 2.30. The molecule has 0 aromatic heterocycles. The molecule has 142 valence electrons. The number of aryl methyl sites for hydroxylation is 1. The molecule has 0 saturated heterocycles. The fourth-order valence-corrected chi connectivity index (χ4v) is 3.82. The van der Waals surface area contributed by atoms with Gasteiger partial charge in [0.25, 0.3) is 10.0 Å². The molecule has 0 aliphatic heterocycles. The number of carbonyl (C=O) groups is 1. The van der Waals surface area contributed by atoms with Crippen LogP contribution in [0.25, 0.3) is 0 Å². The van der Waals surface area contributed by atoms with E-state index in [0.717, 1.165) is 4.31 Å². The zero-order valence-corrected chi connectivity index (χ0v) is 17.1. The number of hydrogen-bond donors (Lipinski definition) is 1. The van der Waals surface area contributed by atoms with Crippen molar-refractivity contribution in [1.82, 2.24) is 0 Å². The quantitative estimate of drug-likeness (QED) is 0.727. The number of benzene rings is 2. The van der Waals surface area contributed by atoms with Gasteiger partial charge < -0.3 is 5.11 Å². The standard InChI is InChI=1S/C16H15Cl2NO4S.C2H6/c1-19(15-5-3-2-4-11(15)6-9-16(20)21)24(22,23)12-7-8-13(17)14(18)10-12;1-2/h2-5,7-8,10H,6,9H2,1H3,(H,20,21);1-2H3. The monoisotopic (exact) mass is 417 g/mol. The van der Waals surface area contributed by atoms with Crippen LogP contribution in [0.4, 0.5) is 5.69 Å². The number of nitrogens with zero attached hydrogens (tertiary/aromatic N) is 1. The molecule has 0 saturated carbocycles. The highest BCUT2D eigenvalue weighted by molar-refractivity contribution is 7.92. The van der Waals surface area contributed by atoms with Gasteiger partial charge in [-0.1, -0.05) is 55.2 Å². The van der Waals surface area contributed by atoms with Crippen molar-refractivity contribution in [2.24, 2.45) is 0 Å². The molecule has 2 aromatic carbocycles. The van der Waals surface area contributed by atoms with Gasteiger partial charge in [-0.25, -0.2) is 8.42 Å². The number of hydrogen-bond acceptors (Lipinski definition) is 3. The Morgan fingerprint density at radius 2 is 1.69 bits per heavy atom. The minimum atomic E-state index is -3.85. The van der Waals surface area contributed by atoms with Crippen molar-refractivity contribution in [2.75, 3.05) is 11.4 Å². The van der Waals surface area contributed by atoms with Gasteiger partial charge in [0.1, 0.15) is 0 Å². The summed E-state index contributed by atoms with van der Waals surface area (Å²) in [4.78, 5) is 10.8. The summed E-state index contributed by atoms with van der Waals surface area (Å²) in [5, 5.41) is 9.25. The average Bonchev–Trinajstić information content (AvgIpc) is 2.63. The molecule has 1 N–H and O–H groups in total. The first-order valence-electron chi connectivity index (χ1n) is 7.97. The lowest BCUT2D eigenvalue weighted by molar-refractivity contribution is -0.136. The molecule has 26 heavy (non-hydrogen) atoms. The van der Waals surface area contributed by atoms with E-state index < -0.39 is 16.0 Å². The Balaban J connectivity index is 0.00000163. The van der Waals surface area contributed by atoms with Crippen LogP contribution < -0.4 is 4.31 Å². The van der Waals surface area contributed by atoms with Crippen LogP contribution in [0, 0.1) is 0 Å². The Bertz CT molecular complexity index is 869. The molecule has 0 aliphatic rings. The van der Waals surface area contributed by atoms with E-state index in [1.165, 1.54) is 25.2 Å². The minimum Gasteiger partial charge on any atom is -0.481 e. The number of para-hydroxylation sites is 1.